The van der Waals surface area contributed by atoms with Gasteiger partial charge < -0.3 is 9.84 Å². The highest BCUT2D eigenvalue weighted by Crippen LogP contribution is 2.22. The number of methoxy groups -OCH3 is 1. The molecule has 0 bridgehead atoms. The van der Waals surface area contributed by atoms with Gasteiger partial charge in [0.1, 0.15) is 6.10 Å². The zero-order chi connectivity index (χ0) is 12.3. The fraction of sp³-hybridized carbons (Fsp3) is 0.364. The molecule has 0 saturated carbocycles. The van der Waals surface area contributed by atoms with Gasteiger partial charge in [0.15, 0.2) is 0 Å². The maximum atomic E-state index is 12.2. The largest absolute Gasteiger partial charge is 0.465 e. The number of aryl methyl sites for hydroxylation is 1. The molecule has 0 aliphatic heterocycles. The van der Waals surface area contributed by atoms with E-state index >= 15 is 0 Å². The fourth-order valence-corrected chi connectivity index (χ4v) is 1.36. The van der Waals surface area contributed by atoms with Gasteiger partial charge in [-0.2, -0.15) is 0 Å². The fourth-order valence-electron chi connectivity index (χ4n) is 1.36. The predicted octanol–water partition coefficient (Wildman–Crippen LogP) is 2.08. The summed E-state index contributed by atoms with van der Waals surface area (Å²) in [4.78, 5) is 11.2. The molecule has 0 aromatic heterocycles. The molecule has 3 nitrogen and oxygen atoms in total. The number of esters is 1. The highest BCUT2D eigenvalue weighted by molar-refractivity contribution is 5.90. The van der Waals surface area contributed by atoms with Crippen molar-refractivity contribution in [2.75, 3.05) is 7.11 Å². The summed E-state index contributed by atoms with van der Waals surface area (Å²) >= 11 is 0. The van der Waals surface area contributed by atoms with Crippen molar-refractivity contribution in [3.05, 3.63) is 34.9 Å². The lowest BCUT2D eigenvalue weighted by Gasteiger charge is -2.11. The molecule has 0 aliphatic rings. The normalized spacial score (nSPS) is 12.6. The second-order valence-electron chi connectivity index (χ2n) is 3.35. The summed E-state index contributed by atoms with van der Waals surface area (Å²) in [6.07, 6.45) is -4.67. The smallest absolute Gasteiger partial charge is 0.338 e. The standard InChI is InChI=1S/C11H12F2O3/c1-6-5-7(9(14)10(12)13)3-4-8(6)11(15)16-2/h3-5,9-10,14H,1-2H3. The van der Waals surface area contributed by atoms with Crippen LogP contribution >= 0.6 is 0 Å². The lowest BCUT2D eigenvalue weighted by molar-refractivity contribution is -0.00581. The molecule has 1 rings (SSSR count). The van der Waals surface area contributed by atoms with Crippen molar-refractivity contribution in [2.45, 2.75) is 19.5 Å². The third-order valence-corrected chi connectivity index (χ3v) is 2.24. The monoisotopic (exact) mass is 230 g/mol. The predicted molar refractivity (Wildman–Crippen MR) is 53.5 cm³/mol. The van der Waals surface area contributed by atoms with Crippen molar-refractivity contribution in [1.82, 2.24) is 0 Å². The van der Waals surface area contributed by atoms with Crippen molar-refractivity contribution < 1.29 is 23.4 Å². The Hall–Kier alpha value is -1.49. The van der Waals surface area contributed by atoms with Crippen LogP contribution in [0.25, 0.3) is 0 Å². The van der Waals surface area contributed by atoms with E-state index in [2.05, 4.69) is 4.74 Å². The Morgan fingerprint density at radius 2 is 2.06 bits per heavy atom. The molecule has 0 amide bonds. The van der Waals surface area contributed by atoms with Gasteiger partial charge in [-0.25, -0.2) is 13.6 Å². The van der Waals surface area contributed by atoms with E-state index in [-0.39, 0.29) is 5.56 Å². The molecule has 1 aromatic rings. The van der Waals surface area contributed by atoms with Crippen molar-refractivity contribution in [1.29, 1.82) is 0 Å². The lowest BCUT2D eigenvalue weighted by atomic mass is 10.0. The minimum absolute atomic E-state index is 0.0835. The zero-order valence-electron chi connectivity index (χ0n) is 8.91. The van der Waals surface area contributed by atoms with E-state index in [0.29, 0.717) is 11.1 Å². The Labute approximate surface area is 91.7 Å². The van der Waals surface area contributed by atoms with Gasteiger partial charge in [0, 0.05) is 0 Å². The van der Waals surface area contributed by atoms with Crippen LogP contribution < -0.4 is 0 Å². The van der Waals surface area contributed by atoms with Gasteiger partial charge in [0.25, 0.3) is 6.43 Å². The Kier molecular flexibility index (Phi) is 3.95. The summed E-state index contributed by atoms with van der Waals surface area (Å²) in [5, 5.41) is 9.14. The summed E-state index contributed by atoms with van der Waals surface area (Å²) in [5.41, 5.74) is 0.872. The summed E-state index contributed by atoms with van der Waals surface area (Å²) < 4.78 is 29.0. The second kappa shape index (κ2) is 5.03. The van der Waals surface area contributed by atoms with Crippen LogP contribution in [0.4, 0.5) is 8.78 Å². The van der Waals surface area contributed by atoms with Crippen molar-refractivity contribution in [3.8, 4) is 0 Å². The number of alkyl halides is 2. The summed E-state index contributed by atoms with van der Waals surface area (Å²) in [7, 11) is 1.24. The van der Waals surface area contributed by atoms with Gasteiger partial charge in [0.2, 0.25) is 0 Å². The van der Waals surface area contributed by atoms with Crippen LogP contribution in [-0.4, -0.2) is 24.6 Å². The highest BCUT2D eigenvalue weighted by atomic mass is 19.3. The van der Waals surface area contributed by atoms with Gasteiger partial charge in [0.05, 0.1) is 12.7 Å². The number of hydrogen-bond acceptors (Lipinski definition) is 3. The minimum Gasteiger partial charge on any atom is -0.465 e. The molecule has 0 aliphatic carbocycles. The van der Waals surface area contributed by atoms with Crippen LogP contribution in [0.15, 0.2) is 18.2 Å². The molecule has 5 heteroatoms. The van der Waals surface area contributed by atoms with Crippen molar-refractivity contribution >= 4 is 5.97 Å². The maximum Gasteiger partial charge on any atom is 0.338 e. The van der Waals surface area contributed by atoms with Gasteiger partial charge in [-0.15, -0.1) is 0 Å². The number of carbonyl (C=O) groups excluding carboxylic acids is 1. The van der Waals surface area contributed by atoms with E-state index in [1.54, 1.807) is 6.92 Å². The van der Waals surface area contributed by atoms with E-state index < -0.39 is 18.5 Å². The molecule has 1 aromatic carbocycles. The van der Waals surface area contributed by atoms with E-state index in [1.807, 2.05) is 0 Å². The van der Waals surface area contributed by atoms with Crippen LogP contribution in [-0.2, 0) is 4.74 Å². The van der Waals surface area contributed by atoms with Crippen LogP contribution in [0.5, 0.6) is 0 Å². The number of carbonyl (C=O) groups is 1. The first kappa shape index (κ1) is 12.6. The molecule has 1 atom stereocenters. The molecule has 16 heavy (non-hydrogen) atoms. The lowest BCUT2D eigenvalue weighted by Crippen LogP contribution is -2.10. The van der Waals surface area contributed by atoms with Crippen LogP contribution in [0.1, 0.15) is 27.6 Å². The van der Waals surface area contributed by atoms with Gasteiger partial charge in [-0.05, 0) is 24.1 Å². The van der Waals surface area contributed by atoms with E-state index in [0.717, 1.165) is 0 Å². The van der Waals surface area contributed by atoms with E-state index in [9.17, 15) is 13.6 Å². The summed E-state index contributed by atoms with van der Waals surface area (Å²) in [6, 6.07) is 4.00. The van der Waals surface area contributed by atoms with E-state index in [4.69, 9.17) is 5.11 Å². The maximum absolute atomic E-state index is 12.2. The number of aliphatic hydroxyl groups is 1. The molecule has 0 heterocycles. The summed E-state index contributed by atoms with van der Waals surface area (Å²) in [6.45, 7) is 1.59. The Morgan fingerprint density at radius 3 is 2.50 bits per heavy atom. The van der Waals surface area contributed by atoms with Crippen LogP contribution in [0, 0.1) is 6.92 Å². The average molecular weight is 230 g/mol. The third-order valence-electron chi connectivity index (χ3n) is 2.24. The number of halogens is 2. The first-order valence-corrected chi connectivity index (χ1v) is 4.62. The van der Waals surface area contributed by atoms with E-state index in [1.165, 1.54) is 25.3 Å². The Balaban J connectivity index is 3.04. The van der Waals surface area contributed by atoms with Crippen molar-refractivity contribution in [2.24, 2.45) is 0 Å². The molecule has 1 unspecified atom stereocenters. The molecule has 88 valence electrons. The number of aliphatic hydroxyl groups excluding tert-OH is 1. The Morgan fingerprint density at radius 1 is 1.44 bits per heavy atom. The SMILES string of the molecule is COC(=O)c1ccc(C(O)C(F)F)cc1C. The molecule has 0 fully saturated rings. The molecule has 0 radical (unpaired) electrons. The first-order chi connectivity index (χ1) is 7.47. The minimum atomic E-state index is -2.84. The highest BCUT2D eigenvalue weighted by Gasteiger charge is 2.20. The van der Waals surface area contributed by atoms with Crippen LogP contribution in [0.3, 0.4) is 0 Å². The molecule has 0 spiro atoms. The second-order valence-corrected chi connectivity index (χ2v) is 3.35. The topological polar surface area (TPSA) is 46.5 Å². The first-order valence-electron chi connectivity index (χ1n) is 4.62. The van der Waals surface area contributed by atoms with Gasteiger partial charge >= 0.3 is 5.97 Å². The molecule has 1 N–H and O–H groups in total. The molecule has 0 saturated heterocycles. The summed E-state index contributed by atoms with van der Waals surface area (Å²) in [5.74, 6) is -0.532. The third kappa shape index (κ3) is 2.55. The Bertz CT molecular complexity index is 391. The van der Waals surface area contributed by atoms with Gasteiger partial charge in [-0.3, -0.25) is 0 Å². The van der Waals surface area contributed by atoms with Crippen LogP contribution in [0.2, 0.25) is 0 Å². The van der Waals surface area contributed by atoms with Crippen molar-refractivity contribution in [3.63, 3.8) is 0 Å². The molecular formula is C11H12F2O3. The number of benzene rings is 1. The number of ether oxygens (including phenoxy) is 1. The quantitative estimate of drug-likeness (QED) is 0.808. The molecular weight excluding hydrogens is 218 g/mol. The average Bonchev–Trinajstić information content (AvgIpc) is 2.26. The number of hydrogen-bond donors (Lipinski definition) is 1. The zero-order valence-corrected chi connectivity index (χ0v) is 8.91. The number of rotatable bonds is 3. The van der Waals surface area contributed by atoms with Gasteiger partial charge in [-0.1, -0.05) is 12.1 Å².